The zero-order valence-electron chi connectivity index (χ0n) is 20.1. The van der Waals surface area contributed by atoms with Crippen molar-refractivity contribution in [2.24, 2.45) is 5.92 Å². The number of benzene rings is 2. The van der Waals surface area contributed by atoms with Crippen molar-refractivity contribution in [3.8, 4) is 0 Å². The van der Waals surface area contributed by atoms with Crippen molar-refractivity contribution in [3.63, 3.8) is 0 Å². The molecule has 190 valence electrons. The van der Waals surface area contributed by atoms with Gasteiger partial charge in [0.2, 0.25) is 26.0 Å². The largest absolute Gasteiger partial charge is 0.352 e. The molecule has 2 aromatic rings. The van der Waals surface area contributed by atoms with Crippen LogP contribution >= 0.6 is 0 Å². The number of amides is 1. The maximum Gasteiger partial charge on any atom is 0.243 e. The minimum atomic E-state index is -3.68. The van der Waals surface area contributed by atoms with E-state index in [4.69, 9.17) is 0 Å². The molecule has 0 radical (unpaired) electrons. The number of nitrogens with zero attached hydrogens (tertiary/aromatic N) is 1. The number of carbonyl (C=O) groups is 1. The van der Waals surface area contributed by atoms with Crippen molar-refractivity contribution >= 4 is 26.0 Å². The van der Waals surface area contributed by atoms with Crippen LogP contribution in [0.3, 0.4) is 0 Å². The maximum atomic E-state index is 13.0. The average molecular weight is 520 g/mol. The van der Waals surface area contributed by atoms with Crippen LogP contribution < -0.4 is 10.0 Å². The zero-order valence-corrected chi connectivity index (χ0v) is 21.7. The van der Waals surface area contributed by atoms with E-state index in [2.05, 4.69) is 30.5 Å². The van der Waals surface area contributed by atoms with E-state index in [-0.39, 0.29) is 36.2 Å². The predicted molar refractivity (Wildman–Crippen MR) is 137 cm³/mol. The molecule has 0 saturated carbocycles. The first-order valence-electron chi connectivity index (χ1n) is 11.6. The highest BCUT2D eigenvalue weighted by Crippen LogP contribution is 2.24. The van der Waals surface area contributed by atoms with Gasteiger partial charge in [0.15, 0.2) is 0 Å². The Morgan fingerprint density at radius 2 is 1.69 bits per heavy atom. The van der Waals surface area contributed by atoms with Gasteiger partial charge in [-0.3, -0.25) is 4.79 Å². The second-order valence-corrected chi connectivity index (χ2v) is 12.7. The number of hydrogen-bond acceptors (Lipinski definition) is 5. The fourth-order valence-corrected chi connectivity index (χ4v) is 5.99. The molecule has 2 N–H and O–H groups in total. The van der Waals surface area contributed by atoms with Crippen LogP contribution in [-0.4, -0.2) is 46.7 Å². The summed E-state index contributed by atoms with van der Waals surface area (Å²) in [6.45, 7) is 8.55. The summed E-state index contributed by atoms with van der Waals surface area (Å²) in [4.78, 5) is 12.5. The lowest BCUT2D eigenvalue weighted by molar-refractivity contribution is -0.120. The number of carbonyl (C=O) groups excluding carboxylic acids is 1. The van der Waals surface area contributed by atoms with Crippen molar-refractivity contribution in [3.05, 3.63) is 77.2 Å². The molecule has 0 aliphatic carbocycles. The molecule has 3 rings (SSSR count). The summed E-state index contributed by atoms with van der Waals surface area (Å²) in [6, 6.07) is 14.5. The average Bonchev–Trinajstić information content (AvgIpc) is 3.32. The van der Waals surface area contributed by atoms with E-state index in [9.17, 15) is 21.6 Å². The summed E-state index contributed by atoms with van der Waals surface area (Å²) in [7, 11) is -7.22. The Bertz CT molecular complexity index is 1240. The molecule has 1 saturated heterocycles. The molecule has 10 heteroatoms. The van der Waals surface area contributed by atoms with E-state index in [1.807, 2.05) is 24.3 Å². The number of hydrogen-bond donors (Lipinski definition) is 2. The Morgan fingerprint density at radius 3 is 2.29 bits per heavy atom. The molecule has 1 aliphatic heterocycles. The normalized spacial score (nSPS) is 16.9. The molecule has 1 aliphatic rings. The van der Waals surface area contributed by atoms with Crippen LogP contribution in [0.2, 0.25) is 0 Å². The molecular weight excluding hydrogens is 486 g/mol. The van der Waals surface area contributed by atoms with Crippen molar-refractivity contribution in [1.29, 1.82) is 0 Å². The lowest BCUT2D eigenvalue weighted by Crippen LogP contribution is -2.32. The third kappa shape index (κ3) is 7.47. The molecular formula is C25H33N3O5S2. The Hall–Kier alpha value is -2.53. The van der Waals surface area contributed by atoms with Gasteiger partial charge in [-0.2, -0.15) is 4.31 Å². The van der Waals surface area contributed by atoms with Crippen molar-refractivity contribution in [2.45, 2.75) is 44.0 Å². The maximum absolute atomic E-state index is 13.0. The Morgan fingerprint density at radius 1 is 1.06 bits per heavy atom. The highest BCUT2D eigenvalue weighted by atomic mass is 32.2. The van der Waals surface area contributed by atoms with Crippen molar-refractivity contribution < 1.29 is 21.6 Å². The second kappa shape index (κ2) is 11.5. The smallest absolute Gasteiger partial charge is 0.243 e. The van der Waals surface area contributed by atoms with Gasteiger partial charge in [-0.25, -0.2) is 21.6 Å². The molecule has 1 heterocycles. The van der Waals surface area contributed by atoms with Crippen LogP contribution in [0.1, 0.15) is 42.9 Å². The van der Waals surface area contributed by atoms with Gasteiger partial charge in [-0.15, -0.1) is 0 Å². The summed E-state index contributed by atoms with van der Waals surface area (Å²) in [5, 5.41) is 3.71. The van der Waals surface area contributed by atoms with Gasteiger partial charge in [0.25, 0.3) is 0 Å². The van der Waals surface area contributed by atoms with E-state index in [1.165, 1.54) is 22.0 Å². The molecule has 1 atom stereocenters. The van der Waals surface area contributed by atoms with Gasteiger partial charge in [0, 0.05) is 31.6 Å². The molecule has 1 fully saturated rings. The fraction of sp³-hybridized carbons (Fsp3) is 0.400. The minimum Gasteiger partial charge on any atom is -0.352 e. The molecule has 0 unspecified atom stereocenters. The topological polar surface area (TPSA) is 113 Å². The second-order valence-electron chi connectivity index (χ2n) is 9.07. The third-order valence-corrected chi connectivity index (χ3v) is 8.99. The number of nitrogens with one attached hydrogen (secondary N) is 2. The van der Waals surface area contributed by atoms with E-state index in [0.717, 1.165) is 16.5 Å². The van der Waals surface area contributed by atoms with Crippen LogP contribution in [0.25, 0.3) is 0 Å². The SMILES string of the molecule is C=CS(=O)(=O)NC[C@H]1CCN(S(=O)(=O)c2ccc(CNC(=O)Cc3ccc(C(C)C)cc3)cc2)C1. The van der Waals surface area contributed by atoms with Crippen LogP contribution in [0.4, 0.5) is 0 Å². The lowest BCUT2D eigenvalue weighted by atomic mass is 10.0. The molecule has 1 amide bonds. The highest BCUT2D eigenvalue weighted by molar-refractivity contribution is 7.92. The quantitative estimate of drug-likeness (QED) is 0.474. The first kappa shape index (κ1) is 27.1. The summed E-state index contributed by atoms with van der Waals surface area (Å²) >= 11 is 0. The number of sulfonamides is 2. The van der Waals surface area contributed by atoms with E-state index >= 15 is 0 Å². The third-order valence-electron chi connectivity index (χ3n) is 6.10. The molecule has 0 spiro atoms. The Balaban J connectivity index is 1.51. The van der Waals surface area contributed by atoms with Gasteiger partial charge in [-0.05, 0) is 47.1 Å². The van der Waals surface area contributed by atoms with Crippen LogP contribution in [-0.2, 0) is 37.8 Å². The van der Waals surface area contributed by atoms with Crippen LogP contribution in [0.5, 0.6) is 0 Å². The highest BCUT2D eigenvalue weighted by Gasteiger charge is 2.32. The molecule has 35 heavy (non-hydrogen) atoms. The summed E-state index contributed by atoms with van der Waals surface area (Å²) in [6.07, 6.45) is 0.854. The Labute approximate surface area is 208 Å². The fourth-order valence-electron chi connectivity index (χ4n) is 3.87. The van der Waals surface area contributed by atoms with Crippen LogP contribution in [0, 0.1) is 5.92 Å². The van der Waals surface area contributed by atoms with Crippen molar-refractivity contribution in [2.75, 3.05) is 19.6 Å². The van der Waals surface area contributed by atoms with Gasteiger partial charge >= 0.3 is 0 Å². The minimum absolute atomic E-state index is 0.101. The van der Waals surface area contributed by atoms with E-state index in [1.54, 1.807) is 12.1 Å². The first-order chi connectivity index (χ1) is 16.5. The Kier molecular flexibility index (Phi) is 8.87. The van der Waals surface area contributed by atoms with Crippen LogP contribution in [0.15, 0.2) is 65.4 Å². The standard InChI is InChI=1S/C25H33N3O5S2/c1-4-34(30,31)27-17-22-13-14-28(18-22)35(32,33)24-11-7-21(8-12-24)16-26-25(29)15-20-5-9-23(10-6-20)19(2)3/h4-12,19,22,27H,1,13-18H2,2-3H3,(H,26,29)/t22-/m1/s1. The molecule has 0 bridgehead atoms. The van der Waals surface area contributed by atoms with Gasteiger partial charge < -0.3 is 5.32 Å². The summed E-state index contributed by atoms with van der Waals surface area (Å²) in [5.41, 5.74) is 2.96. The molecule has 2 aromatic carbocycles. The molecule has 8 nitrogen and oxygen atoms in total. The van der Waals surface area contributed by atoms with E-state index in [0.29, 0.717) is 25.4 Å². The predicted octanol–water partition coefficient (Wildman–Crippen LogP) is 2.74. The monoisotopic (exact) mass is 519 g/mol. The summed E-state index contributed by atoms with van der Waals surface area (Å²) in [5.74, 6) is 0.236. The molecule has 0 aromatic heterocycles. The first-order valence-corrected chi connectivity index (χ1v) is 14.6. The van der Waals surface area contributed by atoms with E-state index < -0.39 is 20.0 Å². The number of rotatable bonds is 11. The zero-order chi connectivity index (χ0) is 25.6. The van der Waals surface area contributed by atoms with Gasteiger partial charge in [0.1, 0.15) is 0 Å². The summed E-state index contributed by atoms with van der Waals surface area (Å²) < 4.78 is 52.8. The van der Waals surface area contributed by atoms with Gasteiger partial charge in [-0.1, -0.05) is 56.8 Å². The van der Waals surface area contributed by atoms with Gasteiger partial charge in [0.05, 0.1) is 11.3 Å². The van der Waals surface area contributed by atoms with Crippen molar-refractivity contribution in [1.82, 2.24) is 14.3 Å². The lowest BCUT2D eigenvalue weighted by Gasteiger charge is -2.17.